The van der Waals surface area contributed by atoms with E-state index in [1.165, 1.54) is 0 Å². The minimum Gasteiger partial charge on any atom is -0.382 e. The normalized spacial score (nSPS) is 14.4. The van der Waals surface area contributed by atoms with Crippen LogP contribution < -0.4 is 0 Å². The molecule has 0 bridgehead atoms. The fraction of sp³-hybridized carbons (Fsp3) is 0.444. The molecule has 0 radical (unpaired) electrons. The van der Waals surface area contributed by atoms with Gasteiger partial charge in [-0.25, -0.2) is 0 Å². The van der Waals surface area contributed by atoms with Gasteiger partial charge in [0.15, 0.2) is 0 Å². The summed E-state index contributed by atoms with van der Waals surface area (Å²) in [7, 11) is 1.67. The zero-order chi connectivity index (χ0) is 8.53. The minimum atomic E-state index is 0.231. The van der Waals surface area contributed by atoms with Crippen molar-refractivity contribution in [3.8, 4) is 0 Å². The predicted octanol–water partition coefficient (Wildman–Crippen LogP) is 1.83. The molecule has 62 valence electrons. The number of ether oxygens (including phenoxy) is 1. The van der Waals surface area contributed by atoms with Crippen molar-refractivity contribution < 1.29 is 4.74 Å². The second-order valence-electron chi connectivity index (χ2n) is 2.22. The number of aliphatic imine (C=N–C) groups is 1. The van der Waals surface area contributed by atoms with Gasteiger partial charge in [-0.05, 0) is 13.0 Å². The quantitative estimate of drug-likeness (QED) is 0.436. The van der Waals surface area contributed by atoms with E-state index in [-0.39, 0.29) is 6.04 Å². The Morgan fingerprint density at radius 2 is 2.27 bits per heavy atom. The van der Waals surface area contributed by atoms with Gasteiger partial charge in [-0.1, -0.05) is 18.7 Å². The van der Waals surface area contributed by atoms with Crippen molar-refractivity contribution in [2.75, 3.05) is 13.7 Å². The van der Waals surface area contributed by atoms with E-state index in [9.17, 15) is 0 Å². The number of hydrogen-bond acceptors (Lipinski definition) is 2. The van der Waals surface area contributed by atoms with E-state index >= 15 is 0 Å². The molecule has 0 aromatic rings. The standard InChI is InChI=1S/C9H15NO/c1-4-5-6-7-10-9(2)8-11-3/h4-7,9H,1,8H2,2-3H3/b6-5-,10-7?. The molecule has 0 amide bonds. The largest absolute Gasteiger partial charge is 0.382 e. The third-order valence-electron chi connectivity index (χ3n) is 1.08. The topological polar surface area (TPSA) is 21.6 Å². The summed E-state index contributed by atoms with van der Waals surface area (Å²) in [5.74, 6) is 0. The molecule has 0 aromatic carbocycles. The molecule has 1 unspecified atom stereocenters. The van der Waals surface area contributed by atoms with Gasteiger partial charge >= 0.3 is 0 Å². The first-order valence-electron chi connectivity index (χ1n) is 3.61. The maximum absolute atomic E-state index is 4.90. The van der Waals surface area contributed by atoms with Gasteiger partial charge in [0.1, 0.15) is 0 Å². The predicted molar refractivity (Wildman–Crippen MR) is 49.2 cm³/mol. The highest BCUT2D eigenvalue weighted by Gasteiger charge is 1.92. The van der Waals surface area contributed by atoms with Gasteiger partial charge in [0, 0.05) is 13.3 Å². The molecule has 0 aliphatic carbocycles. The van der Waals surface area contributed by atoms with Crippen molar-refractivity contribution >= 4 is 6.21 Å². The zero-order valence-electron chi connectivity index (χ0n) is 7.16. The highest BCUT2D eigenvalue weighted by molar-refractivity contribution is 5.71. The fourth-order valence-corrected chi connectivity index (χ4v) is 0.609. The lowest BCUT2D eigenvalue weighted by Crippen LogP contribution is -2.06. The molecule has 11 heavy (non-hydrogen) atoms. The van der Waals surface area contributed by atoms with Crippen LogP contribution in [0.3, 0.4) is 0 Å². The average Bonchev–Trinajstić information content (AvgIpc) is 1.99. The average molecular weight is 153 g/mol. The highest BCUT2D eigenvalue weighted by atomic mass is 16.5. The van der Waals surface area contributed by atoms with Crippen LogP contribution in [0.4, 0.5) is 0 Å². The summed E-state index contributed by atoms with van der Waals surface area (Å²) in [4.78, 5) is 4.17. The fourth-order valence-electron chi connectivity index (χ4n) is 0.609. The van der Waals surface area contributed by atoms with Crippen LogP contribution >= 0.6 is 0 Å². The van der Waals surface area contributed by atoms with Crippen LogP contribution in [0, 0.1) is 0 Å². The molecule has 0 N–H and O–H groups in total. The molecule has 0 aromatic heterocycles. The van der Waals surface area contributed by atoms with Crippen molar-refractivity contribution in [2.45, 2.75) is 13.0 Å². The maximum atomic E-state index is 4.90. The summed E-state index contributed by atoms with van der Waals surface area (Å²) in [6.07, 6.45) is 7.15. The Labute approximate surface area is 68.3 Å². The molecule has 0 saturated carbocycles. The number of allylic oxidation sites excluding steroid dienone is 3. The molecule has 0 saturated heterocycles. The van der Waals surface area contributed by atoms with Gasteiger partial charge < -0.3 is 4.74 Å². The zero-order valence-corrected chi connectivity index (χ0v) is 7.16. The molecule has 0 aliphatic rings. The molecule has 2 heteroatoms. The lowest BCUT2D eigenvalue weighted by molar-refractivity contribution is 0.186. The van der Waals surface area contributed by atoms with E-state index in [0.29, 0.717) is 6.61 Å². The number of rotatable bonds is 5. The van der Waals surface area contributed by atoms with Crippen LogP contribution in [0.1, 0.15) is 6.92 Å². The molecule has 1 atom stereocenters. The molecule has 0 aliphatic heterocycles. The van der Waals surface area contributed by atoms with Gasteiger partial charge in [-0.2, -0.15) is 0 Å². The van der Waals surface area contributed by atoms with E-state index in [1.54, 1.807) is 19.4 Å². The van der Waals surface area contributed by atoms with Crippen molar-refractivity contribution in [1.82, 2.24) is 0 Å². The summed E-state index contributed by atoms with van der Waals surface area (Å²) >= 11 is 0. The lowest BCUT2D eigenvalue weighted by Gasteiger charge is -2.01. The Kier molecular flexibility index (Phi) is 6.64. The number of hydrogen-bond donors (Lipinski definition) is 0. The van der Waals surface area contributed by atoms with Gasteiger partial charge in [-0.3, -0.25) is 4.99 Å². The van der Waals surface area contributed by atoms with Crippen molar-refractivity contribution in [1.29, 1.82) is 0 Å². The molecule has 0 heterocycles. The summed E-state index contributed by atoms with van der Waals surface area (Å²) in [6.45, 7) is 6.21. The summed E-state index contributed by atoms with van der Waals surface area (Å²) < 4.78 is 4.90. The van der Waals surface area contributed by atoms with Gasteiger partial charge in [0.05, 0.1) is 12.6 Å². The minimum absolute atomic E-state index is 0.231. The van der Waals surface area contributed by atoms with E-state index in [4.69, 9.17) is 4.74 Å². The van der Waals surface area contributed by atoms with Gasteiger partial charge in [0.2, 0.25) is 0 Å². The second kappa shape index (κ2) is 7.22. The van der Waals surface area contributed by atoms with Gasteiger partial charge in [0.25, 0.3) is 0 Å². The first kappa shape index (κ1) is 10.1. The molecular weight excluding hydrogens is 138 g/mol. The summed E-state index contributed by atoms with van der Waals surface area (Å²) in [6, 6.07) is 0.231. The van der Waals surface area contributed by atoms with Crippen LogP contribution in [0.15, 0.2) is 29.8 Å². The lowest BCUT2D eigenvalue weighted by atomic mass is 10.4. The van der Waals surface area contributed by atoms with Crippen molar-refractivity contribution in [3.05, 3.63) is 24.8 Å². The molecule has 0 fully saturated rings. The third kappa shape index (κ3) is 7.00. The SMILES string of the molecule is C=C/C=C\C=NC(C)COC. The van der Waals surface area contributed by atoms with E-state index < -0.39 is 0 Å². The van der Waals surface area contributed by atoms with E-state index in [0.717, 1.165) is 0 Å². The number of nitrogens with zero attached hydrogens (tertiary/aromatic N) is 1. The number of methoxy groups -OCH3 is 1. The highest BCUT2D eigenvalue weighted by Crippen LogP contribution is 1.87. The first-order valence-corrected chi connectivity index (χ1v) is 3.61. The Hall–Kier alpha value is -0.890. The van der Waals surface area contributed by atoms with Crippen molar-refractivity contribution in [3.63, 3.8) is 0 Å². The Morgan fingerprint density at radius 3 is 2.82 bits per heavy atom. The molecule has 0 spiro atoms. The van der Waals surface area contributed by atoms with Crippen LogP contribution in [-0.2, 0) is 4.74 Å². The summed E-state index contributed by atoms with van der Waals surface area (Å²) in [5.41, 5.74) is 0. The second-order valence-corrected chi connectivity index (χ2v) is 2.22. The van der Waals surface area contributed by atoms with Gasteiger partial charge in [-0.15, -0.1) is 0 Å². The summed E-state index contributed by atoms with van der Waals surface area (Å²) in [5, 5.41) is 0. The van der Waals surface area contributed by atoms with E-state index in [1.807, 2.05) is 19.1 Å². The van der Waals surface area contributed by atoms with Crippen LogP contribution in [-0.4, -0.2) is 26.0 Å². The Balaban J connectivity index is 3.54. The first-order chi connectivity index (χ1) is 5.31. The van der Waals surface area contributed by atoms with Crippen LogP contribution in [0.5, 0.6) is 0 Å². The molecule has 0 rings (SSSR count). The monoisotopic (exact) mass is 153 g/mol. The van der Waals surface area contributed by atoms with Crippen LogP contribution in [0.25, 0.3) is 0 Å². The third-order valence-corrected chi connectivity index (χ3v) is 1.08. The van der Waals surface area contributed by atoms with E-state index in [2.05, 4.69) is 11.6 Å². The molecular formula is C9H15NO. The Bertz CT molecular complexity index is 150. The smallest absolute Gasteiger partial charge is 0.0704 e. The maximum Gasteiger partial charge on any atom is 0.0704 e. The van der Waals surface area contributed by atoms with Crippen molar-refractivity contribution in [2.24, 2.45) is 4.99 Å². The Morgan fingerprint density at radius 1 is 1.55 bits per heavy atom. The van der Waals surface area contributed by atoms with Crippen LogP contribution in [0.2, 0.25) is 0 Å². The molecule has 2 nitrogen and oxygen atoms in total.